The molecule has 0 saturated carbocycles. The first kappa shape index (κ1) is 17.5. The van der Waals surface area contributed by atoms with E-state index in [2.05, 4.69) is 4.98 Å². The van der Waals surface area contributed by atoms with Crippen molar-refractivity contribution in [2.45, 2.75) is 19.3 Å². The van der Waals surface area contributed by atoms with Crippen LogP contribution in [0.2, 0.25) is 0 Å². The van der Waals surface area contributed by atoms with E-state index in [1.54, 1.807) is 0 Å². The van der Waals surface area contributed by atoms with Crippen LogP contribution in [0.5, 0.6) is 0 Å². The Morgan fingerprint density at radius 1 is 1.12 bits per heavy atom. The number of fused-ring (bicyclic) bond motifs is 1. The molecule has 2 aliphatic rings. The Bertz CT molecular complexity index is 797. The monoisotopic (exact) mass is 371 g/mol. The van der Waals surface area contributed by atoms with Crippen LogP contribution in [-0.4, -0.2) is 64.3 Å². The molecule has 1 atom stereocenters. The van der Waals surface area contributed by atoms with Crippen molar-refractivity contribution in [2.75, 3.05) is 37.7 Å². The predicted octanol–water partition coefficient (Wildman–Crippen LogP) is 2.52. The van der Waals surface area contributed by atoms with Crippen molar-refractivity contribution in [2.24, 2.45) is 5.92 Å². The smallest absolute Gasteiger partial charge is 0.227 e. The molecule has 2 fully saturated rings. The number of aromatic amines is 1. The van der Waals surface area contributed by atoms with Gasteiger partial charge in [0.25, 0.3) is 0 Å². The van der Waals surface area contributed by atoms with Crippen LogP contribution in [0.25, 0.3) is 10.9 Å². The van der Waals surface area contributed by atoms with Gasteiger partial charge in [0.15, 0.2) is 0 Å². The number of thioether (sulfide) groups is 1. The number of hydrogen-bond acceptors (Lipinski definition) is 3. The van der Waals surface area contributed by atoms with E-state index in [1.165, 1.54) is 0 Å². The minimum Gasteiger partial charge on any atom is -0.361 e. The minimum absolute atomic E-state index is 0.0289. The summed E-state index contributed by atoms with van der Waals surface area (Å²) >= 11 is 1.91. The second kappa shape index (κ2) is 7.74. The molecule has 26 heavy (non-hydrogen) atoms. The molecule has 1 aromatic carbocycles. The van der Waals surface area contributed by atoms with Gasteiger partial charge in [-0.05, 0) is 24.5 Å². The lowest BCUT2D eigenvalue weighted by atomic mass is 9.95. The number of aromatic nitrogens is 1. The number of H-pyrrole nitrogens is 1. The highest BCUT2D eigenvalue weighted by Gasteiger charge is 2.31. The van der Waals surface area contributed by atoms with E-state index in [1.807, 2.05) is 52.0 Å². The summed E-state index contributed by atoms with van der Waals surface area (Å²) in [7, 11) is 0. The summed E-state index contributed by atoms with van der Waals surface area (Å²) < 4.78 is 0. The van der Waals surface area contributed by atoms with Crippen LogP contribution in [-0.2, 0) is 16.0 Å². The Labute approximate surface area is 158 Å². The average molecular weight is 372 g/mol. The fourth-order valence-corrected chi connectivity index (χ4v) is 4.90. The summed E-state index contributed by atoms with van der Waals surface area (Å²) in [6.07, 6.45) is 4.14. The summed E-state index contributed by atoms with van der Waals surface area (Å²) in [5.41, 5.74) is 2.09. The van der Waals surface area contributed by atoms with E-state index in [9.17, 15) is 9.59 Å². The summed E-state index contributed by atoms with van der Waals surface area (Å²) in [6.45, 7) is 3.04. The van der Waals surface area contributed by atoms with Gasteiger partial charge >= 0.3 is 0 Å². The van der Waals surface area contributed by atoms with E-state index in [4.69, 9.17) is 0 Å². The van der Waals surface area contributed by atoms with Crippen molar-refractivity contribution in [3.63, 3.8) is 0 Å². The Morgan fingerprint density at radius 2 is 1.92 bits per heavy atom. The van der Waals surface area contributed by atoms with Crippen LogP contribution >= 0.6 is 11.8 Å². The molecule has 0 unspecified atom stereocenters. The number of carbonyl (C=O) groups is 2. The van der Waals surface area contributed by atoms with Gasteiger partial charge in [-0.1, -0.05) is 18.2 Å². The number of nitrogens with zero attached hydrogens (tertiary/aromatic N) is 2. The molecule has 2 amide bonds. The molecule has 5 nitrogen and oxygen atoms in total. The largest absolute Gasteiger partial charge is 0.361 e. The zero-order valence-electron chi connectivity index (χ0n) is 14.9. The summed E-state index contributed by atoms with van der Waals surface area (Å²) in [5, 5.41) is 1.11. The molecule has 0 radical (unpaired) electrons. The molecule has 2 saturated heterocycles. The van der Waals surface area contributed by atoms with Crippen LogP contribution in [0.4, 0.5) is 0 Å². The van der Waals surface area contributed by atoms with Gasteiger partial charge in [0.2, 0.25) is 11.8 Å². The van der Waals surface area contributed by atoms with E-state index in [0.717, 1.165) is 60.4 Å². The summed E-state index contributed by atoms with van der Waals surface area (Å²) in [6, 6.07) is 8.06. The van der Waals surface area contributed by atoms with Crippen molar-refractivity contribution < 1.29 is 9.59 Å². The van der Waals surface area contributed by atoms with Gasteiger partial charge in [0.1, 0.15) is 0 Å². The van der Waals surface area contributed by atoms with Crippen LogP contribution in [0, 0.1) is 5.92 Å². The predicted molar refractivity (Wildman–Crippen MR) is 105 cm³/mol. The molecular weight excluding hydrogens is 346 g/mol. The van der Waals surface area contributed by atoms with Gasteiger partial charge in [-0.15, -0.1) is 0 Å². The zero-order chi connectivity index (χ0) is 17.9. The van der Waals surface area contributed by atoms with Crippen molar-refractivity contribution in [3.8, 4) is 0 Å². The van der Waals surface area contributed by atoms with Gasteiger partial charge in [-0.25, -0.2) is 0 Å². The van der Waals surface area contributed by atoms with E-state index >= 15 is 0 Å². The van der Waals surface area contributed by atoms with Gasteiger partial charge in [0.05, 0.1) is 12.3 Å². The molecule has 0 bridgehead atoms. The topological polar surface area (TPSA) is 56.4 Å². The number of rotatable bonds is 3. The average Bonchev–Trinajstić information content (AvgIpc) is 3.11. The van der Waals surface area contributed by atoms with Gasteiger partial charge in [-0.2, -0.15) is 11.8 Å². The maximum absolute atomic E-state index is 12.8. The van der Waals surface area contributed by atoms with Crippen LogP contribution < -0.4 is 0 Å². The number of likely N-dealkylation sites (tertiary alicyclic amines) is 1. The van der Waals surface area contributed by atoms with E-state index < -0.39 is 0 Å². The number of hydrogen-bond donors (Lipinski definition) is 1. The van der Waals surface area contributed by atoms with Gasteiger partial charge in [-0.3, -0.25) is 9.59 Å². The Hall–Kier alpha value is -1.95. The van der Waals surface area contributed by atoms with Gasteiger partial charge in [0, 0.05) is 54.8 Å². The highest BCUT2D eigenvalue weighted by molar-refractivity contribution is 7.99. The summed E-state index contributed by atoms with van der Waals surface area (Å²) in [4.78, 5) is 32.7. The lowest BCUT2D eigenvalue weighted by Gasteiger charge is -2.36. The molecule has 1 N–H and O–H groups in total. The van der Waals surface area contributed by atoms with Gasteiger partial charge < -0.3 is 14.8 Å². The molecule has 138 valence electrons. The van der Waals surface area contributed by atoms with E-state index in [0.29, 0.717) is 13.0 Å². The number of nitrogens with one attached hydrogen (secondary N) is 1. The number of piperidine rings is 1. The molecule has 6 heteroatoms. The number of carbonyl (C=O) groups excluding carboxylic acids is 2. The molecule has 3 heterocycles. The minimum atomic E-state index is -0.0289. The fourth-order valence-electron chi connectivity index (χ4n) is 4.00. The standard InChI is InChI=1S/C20H25N3O2S/c24-19(12-16-13-21-18-6-2-1-5-17(16)18)23-7-3-4-15(14-23)20(25)22-8-10-26-11-9-22/h1-2,5-6,13,15,21H,3-4,7-12,14H2/t15-/m1/s1. The van der Waals surface area contributed by atoms with Crippen LogP contribution in [0.15, 0.2) is 30.5 Å². The van der Waals surface area contributed by atoms with Crippen molar-refractivity contribution in [1.82, 2.24) is 14.8 Å². The quantitative estimate of drug-likeness (QED) is 0.902. The molecule has 1 aromatic heterocycles. The zero-order valence-corrected chi connectivity index (χ0v) is 15.8. The molecule has 0 aliphatic carbocycles. The molecule has 2 aromatic rings. The maximum atomic E-state index is 12.8. The first-order chi connectivity index (χ1) is 12.7. The normalized spacial score (nSPS) is 21.2. The molecule has 0 spiro atoms. The molecule has 2 aliphatic heterocycles. The number of amides is 2. The Morgan fingerprint density at radius 3 is 2.77 bits per heavy atom. The second-order valence-electron chi connectivity index (χ2n) is 7.15. The van der Waals surface area contributed by atoms with Crippen LogP contribution in [0.1, 0.15) is 18.4 Å². The van der Waals surface area contributed by atoms with Crippen LogP contribution in [0.3, 0.4) is 0 Å². The lowest BCUT2D eigenvalue weighted by molar-refractivity contribution is -0.140. The van der Waals surface area contributed by atoms with E-state index in [-0.39, 0.29) is 17.7 Å². The van der Waals surface area contributed by atoms with Crippen molar-refractivity contribution in [1.29, 1.82) is 0 Å². The SMILES string of the molecule is O=C(Cc1c[nH]c2ccccc12)N1CCC[C@@H](C(=O)N2CCSCC2)C1. The maximum Gasteiger partial charge on any atom is 0.227 e. The number of benzene rings is 1. The first-order valence-corrected chi connectivity index (χ1v) is 10.6. The second-order valence-corrected chi connectivity index (χ2v) is 8.38. The highest BCUT2D eigenvalue weighted by atomic mass is 32.2. The Kier molecular flexibility index (Phi) is 5.20. The molecule has 4 rings (SSSR count). The third-order valence-corrected chi connectivity index (χ3v) is 6.41. The molecular formula is C20H25N3O2S. The van der Waals surface area contributed by atoms with Crippen molar-refractivity contribution >= 4 is 34.5 Å². The Balaban J connectivity index is 1.40. The fraction of sp³-hybridized carbons (Fsp3) is 0.500. The third kappa shape index (κ3) is 3.61. The van der Waals surface area contributed by atoms with Crippen molar-refractivity contribution in [3.05, 3.63) is 36.0 Å². The summed E-state index contributed by atoms with van der Waals surface area (Å²) in [5.74, 6) is 2.40. The lowest BCUT2D eigenvalue weighted by Crippen LogP contribution is -2.48. The number of para-hydroxylation sites is 1. The third-order valence-electron chi connectivity index (χ3n) is 5.46. The first-order valence-electron chi connectivity index (χ1n) is 9.41. The highest BCUT2D eigenvalue weighted by Crippen LogP contribution is 2.23.